The lowest BCUT2D eigenvalue weighted by Crippen LogP contribution is -2.15. The Labute approximate surface area is 96.4 Å². The third kappa shape index (κ3) is 5.79. The predicted molar refractivity (Wildman–Crippen MR) is 56.2 cm³/mol. The summed E-state index contributed by atoms with van der Waals surface area (Å²) in [5.41, 5.74) is 6.59. The number of benzene rings is 1. The molecule has 1 aromatic carbocycles. The summed E-state index contributed by atoms with van der Waals surface area (Å²) >= 11 is 0. The van der Waals surface area contributed by atoms with Gasteiger partial charge in [-0.1, -0.05) is 12.1 Å². The molecule has 2 N–H and O–H groups in total. The van der Waals surface area contributed by atoms with E-state index < -0.39 is 25.2 Å². The number of hydrogen-bond acceptors (Lipinski definition) is 3. The molecule has 0 radical (unpaired) electrons. The highest BCUT2D eigenvalue weighted by molar-refractivity contribution is 5.72. The van der Waals surface area contributed by atoms with Crippen molar-refractivity contribution >= 4 is 11.7 Å². The van der Waals surface area contributed by atoms with Gasteiger partial charge in [-0.25, -0.2) is 0 Å². The number of rotatable bonds is 4. The van der Waals surface area contributed by atoms with Crippen molar-refractivity contribution in [2.45, 2.75) is 19.0 Å². The third-order valence-electron chi connectivity index (χ3n) is 1.95. The molecule has 0 aliphatic carbocycles. The summed E-state index contributed by atoms with van der Waals surface area (Å²) < 4.78 is 39.8. The molecule has 0 aromatic heterocycles. The van der Waals surface area contributed by atoms with Gasteiger partial charge in [-0.3, -0.25) is 4.79 Å². The summed E-state index contributed by atoms with van der Waals surface area (Å²) in [7, 11) is 0. The van der Waals surface area contributed by atoms with E-state index in [0.717, 1.165) is 0 Å². The molecular formula is C11H12F3NO2. The lowest BCUT2D eigenvalue weighted by molar-refractivity contribution is -0.158. The van der Waals surface area contributed by atoms with E-state index in [0.29, 0.717) is 11.3 Å². The van der Waals surface area contributed by atoms with Crippen LogP contribution in [0.15, 0.2) is 24.3 Å². The highest BCUT2D eigenvalue weighted by Crippen LogP contribution is 2.19. The van der Waals surface area contributed by atoms with Crippen LogP contribution in [0, 0.1) is 0 Å². The van der Waals surface area contributed by atoms with Crippen molar-refractivity contribution in [3.63, 3.8) is 0 Å². The average Bonchev–Trinajstić information content (AvgIpc) is 2.15. The largest absolute Gasteiger partial charge is 0.465 e. The Bertz CT molecular complexity index is 391. The second kappa shape index (κ2) is 5.56. The third-order valence-corrected chi connectivity index (χ3v) is 1.95. The number of hydrogen-bond donors (Lipinski definition) is 1. The van der Waals surface area contributed by atoms with Gasteiger partial charge in [0.25, 0.3) is 0 Å². The van der Waals surface area contributed by atoms with E-state index in [1.807, 2.05) is 0 Å². The number of nitrogen functional groups attached to an aromatic ring is 1. The van der Waals surface area contributed by atoms with Crippen LogP contribution in [0.4, 0.5) is 18.9 Å². The Morgan fingerprint density at radius 2 is 2.06 bits per heavy atom. The average molecular weight is 247 g/mol. The molecule has 0 fully saturated rings. The van der Waals surface area contributed by atoms with Gasteiger partial charge in [-0.05, 0) is 17.7 Å². The molecule has 0 aliphatic rings. The maximum Gasteiger partial charge on any atom is 0.392 e. The van der Waals surface area contributed by atoms with Gasteiger partial charge in [0.1, 0.15) is 0 Å². The molecule has 0 heterocycles. The fourth-order valence-electron chi connectivity index (χ4n) is 1.20. The number of alkyl halides is 3. The van der Waals surface area contributed by atoms with Gasteiger partial charge in [0.15, 0.2) is 0 Å². The first-order chi connectivity index (χ1) is 7.87. The van der Waals surface area contributed by atoms with Crippen LogP contribution >= 0.6 is 0 Å². The summed E-state index contributed by atoms with van der Waals surface area (Å²) in [5.74, 6) is -0.695. The quantitative estimate of drug-likeness (QED) is 0.656. The summed E-state index contributed by atoms with van der Waals surface area (Å²) in [5, 5.41) is 0. The van der Waals surface area contributed by atoms with E-state index in [2.05, 4.69) is 4.74 Å². The van der Waals surface area contributed by atoms with Gasteiger partial charge in [-0.2, -0.15) is 13.2 Å². The van der Waals surface area contributed by atoms with Crippen molar-refractivity contribution in [3.8, 4) is 0 Å². The van der Waals surface area contributed by atoms with Crippen LogP contribution in [-0.2, 0) is 16.0 Å². The first-order valence-corrected chi connectivity index (χ1v) is 4.93. The van der Waals surface area contributed by atoms with Gasteiger partial charge in [-0.15, -0.1) is 0 Å². The SMILES string of the molecule is Nc1cccc(CC(=O)OCCC(F)(F)F)c1. The topological polar surface area (TPSA) is 52.3 Å². The van der Waals surface area contributed by atoms with Crippen LogP contribution < -0.4 is 5.73 Å². The van der Waals surface area contributed by atoms with E-state index >= 15 is 0 Å². The van der Waals surface area contributed by atoms with Crippen molar-refractivity contribution < 1.29 is 22.7 Å². The fourth-order valence-corrected chi connectivity index (χ4v) is 1.20. The number of halogens is 3. The Hall–Kier alpha value is -1.72. The second-order valence-electron chi connectivity index (χ2n) is 3.51. The molecule has 0 bridgehead atoms. The van der Waals surface area contributed by atoms with Crippen molar-refractivity contribution in [2.75, 3.05) is 12.3 Å². The number of esters is 1. The molecule has 1 aromatic rings. The minimum absolute atomic E-state index is 0.0805. The van der Waals surface area contributed by atoms with Crippen molar-refractivity contribution in [1.82, 2.24) is 0 Å². The van der Waals surface area contributed by atoms with Crippen molar-refractivity contribution in [3.05, 3.63) is 29.8 Å². The molecule has 0 spiro atoms. The van der Waals surface area contributed by atoms with Crippen molar-refractivity contribution in [2.24, 2.45) is 0 Å². The zero-order chi connectivity index (χ0) is 12.9. The van der Waals surface area contributed by atoms with Crippen LogP contribution in [-0.4, -0.2) is 18.8 Å². The molecule has 3 nitrogen and oxygen atoms in total. The summed E-state index contributed by atoms with van der Waals surface area (Å²) in [6.45, 7) is -0.648. The molecular weight excluding hydrogens is 235 g/mol. The number of ether oxygens (including phenoxy) is 1. The minimum atomic E-state index is -4.31. The van der Waals surface area contributed by atoms with Crippen molar-refractivity contribution in [1.29, 1.82) is 0 Å². The summed E-state index contributed by atoms with van der Waals surface area (Å²) in [4.78, 5) is 11.2. The molecule has 94 valence electrons. The normalized spacial score (nSPS) is 11.2. The van der Waals surface area contributed by atoms with Crippen LogP contribution in [0.2, 0.25) is 0 Å². The number of carbonyl (C=O) groups excluding carboxylic acids is 1. The van der Waals surface area contributed by atoms with Gasteiger partial charge >= 0.3 is 12.1 Å². The van der Waals surface area contributed by atoms with Gasteiger partial charge < -0.3 is 10.5 Å². The fraction of sp³-hybridized carbons (Fsp3) is 0.364. The van der Waals surface area contributed by atoms with Crippen LogP contribution in [0.5, 0.6) is 0 Å². The molecule has 0 unspecified atom stereocenters. The van der Waals surface area contributed by atoms with Gasteiger partial charge in [0.05, 0.1) is 19.4 Å². The first-order valence-electron chi connectivity index (χ1n) is 4.93. The smallest absolute Gasteiger partial charge is 0.392 e. The van der Waals surface area contributed by atoms with Crippen LogP contribution in [0.1, 0.15) is 12.0 Å². The second-order valence-corrected chi connectivity index (χ2v) is 3.51. The monoisotopic (exact) mass is 247 g/mol. The van der Waals surface area contributed by atoms with E-state index in [4.69, 9.17) is 5.73 Å². The minimum Gasteiger partial charge on any atom is -0.465 e. The maximum atomic E-state index is 11.8. The first kappa shape index (κ1) is 13.3. The molecule has 0 saturated carbocycles. The maximum absolute atomic E-state index is 11.8. The number of anilines is 1. The Balaban J connectivity index is 2.35. The van der Waals surface area contributed by atoms with E-state index in [-0.39, 0.29) is 6.42 Å². The summed E-state index contributed by atoms with van der Waals surface area (Å²) in [6, 6.07) is 6.54. The predicted octanol–water partition coefficient (Wildman–Crippen LogP) is 2.31. The Morgan fingerprint density at radius 1 is 1.35 bits per heavy atom. The van der Waals surface area contributed by atoms with E-state index in [9.17, 15) is 18.0 Å². The lowest BCUT2D eigenvalue weighted by Gasteiger charge is -2.07. The molecule has 0 aliphatic heterocycles. The van der Waals surface area contributed by atoms with Gasteiger partial charge in [0, 0.05) is 5.69 Å². The molecule has 0 amide bonds. The van der Waals surface area contributed by atoms with E-state index in [1.165, 1.54) is 0 Å². The Kier molecular flexibility index (Phi) is 4.37. The zero-order valence-corrected chi connectivity index (χ0v) is 8.96. The molecule has 17 heavy (non-hydrogen) atoms. The summed E-state index contributed by atoms with van der Waals surface area (Å²) in [6.07, 6.45) is -5.52. The Morgan fingerprint density at radius 3 is 2.65 bits per heavy atom. The molecule has 0 saturated heterocycles. The van der Waals surface area contributed by atoms with Crippen LogP contribution in [0.25, 0.3) is 0 Å². The number of carbonyl (C=O) groups is 1. The molecule has 6 heteroatoms. The molecule has 0 atom stereocenters. The van der Waals surface area contributed by atoms with E-state index in [1.54, 1.807) is 24.3 Å². The molecule has 1 rings (SSSR count). The highest BCUT2D eigenvalue weighted by atomic mass is 19.4. The zero-order valence-electron chi connectivity index (χ0n) is 8.96. The lowest BCUT2D eigenvalue weighted by atomic mass is 10.1. The van der Waals surface area contributed by atoms with Gasteiger partial charge in [0.2, 0.25) is 0 Å². The highest BCUT2D eigenvalue weighted by Gasteiger charge is 2.27. The standard InChI is InChI=1S/C11H12F3NO2/c12-11(13,14)4-5-17-10(16)7-8-2-1-3-9(15)6-8/h1-3,6H,4-5,7,15H2. The van der Waals surface area contributed by atoms with Crippen LogP contribution in [0.3, 0.4) is 0 Å². The number of nitrogens with two attached hydrogens (primary N) is 1.